The van der Waals surface area contributed by atoms with Gasteiger partial charge in [0.25, 0.3) is 5.56 Å². The van der Waals surface area contributed by atoms with Crippen molar-refractivity contribution in [1.82, 2.24) is 14.9 Å². The molecule has 3 heterocycles. The summed E-state index contributed by atoms with van der Waals surface area (Å²) in [4.78, 5) is 20.1. The fourth-order valence-corrected chi connectivity index (χ4v) is 4.58. The fourth-order valence-electron chi connectivity index (χ4n) is 4.58. The lowest BCUT2D eigenvalue weighted by molar-refractivity contribution is 0.523. The molecule has 1 aliphatic rings. The zero-order chi connectivity index (χ0) is 22.7. The fraction of sp³-hybridized carbons (Fsp3) is 0.333. The molecule has 5 nitrogen and oxygen atoms in total. The molecule has 0 bridgehead atoms. The lowest BCUT2D eigenvalue weighted by Gasteiger charge is -2.29. The maximum absolute atomic E-state index is 13.6. The Kier molecular flexibility index (Phi) is 6.56. The monoisotopic (exact) mass is 428 g/mol. The van der Waals surface area contributed by atoms with Crippen LogP contribution < -0.4 is 15.8 Å². The van der Waals surface area contributed by atoms with E-state index in [1.165, 1.54) is 0 Å². The second-order valence-electron chi connectivity index (χ2n) is 8.77. The first kappa shape index (κ1) is 22.0. The molecule has 3 aromatic rings. The number of nitrogens with zero attached hydrogens (tertiary/aromatic N) is 3. The largest absolute Gasteiger partial charge is 0.363 e. The predicted molar refractivity (Wildman–Crippen MR) is 134 cm³/mol. The summed E-state index contributed by atoms with van der Waals surface area (Å²) in [6, 6.07) is 15.0. The molecular weight excluding hydrogens is 396 g/mol. The zero-order valence-corrected chi connectivity index (χ0v) is 19.2. The normalized spacial score (nSPS) is 16.0. The molecule has 1 aliphatic heterocycles. The molecule has 4 rings (SSSR count). The van der Waals surface area contributed by atoms with Gasteiger partial charge in [-0.3, -0.25) is 9.78 Å². The van der Waals surface area contributed by atoms with Gasteiger partial charge in [-0.2, -0.15) is 0 Å². The standard InChI is InChI=1S/C27H32N4O/c1-5-20-8-6-9-22(16-20)26-24(21-11-13-28-14-12-21)17-25(27(32)30(26)4)31-15-7-10-23(31)18-29-19(2)3/h5-6,8-9,11-14,16-17,19,23,29H,1,7,10,15,18H2,2-4H3/t23-/m1/s1. The summed E-state index contributed by atoms with van der Waals surface area (Å²) in [6.07, 6.45) is 7.63. The van der Waals surface area contributed by atoms with Crippen molar-refractivity contribution in [3.05, 3.63) is 77.4 Å². The first-order chi connectivity index (χ1) is 15.5. The number of pyridine rings is 2. The molecule has 0 unspecified atom stereocenters. The molecule has 32 heavy (non-hydrogen) atoms. The molecule has 0 spiro atoms. The van der Waals surface area contributed by atoms with Gasteiger partial charge in [0.1, 0.15) is 5.69 Å². The molecule has 1 atom stereocenters. The van der Waals surface area contributed by atoms with Crippen molar-refractivity contribution in [1.29, 1.82) is 0 Å². The maximum Gasteiger partial charge on any atom is 0.274 e. The van der Waals surface area contributed by atoms with Gasteiger partial charge in [-0.15, -0.1) is 0 Å². The van der Waals surface area contributed by atoms with Gasteiger partial charge in [-0.05, 0) is 53.8 Å². The molecule has 166 valence electrons. The summed E-state index contributed by atoms with van der Waals surface area (Å²) in [6.45, 7) is 10.0. The Morgan fingerprint density at radius 3 is 2.69 bits per heavy atom. The van der Waals surface area contributed by atoms with Crippen LogP contribution in [0.1, 0.15) is 32.3 Å². The minimum absolute atomic E-state index is 0.0401. The lowest BCUT2D eigenvalue weighted by atomic mass is 9.97. The lowest BCUT2D eigenvalue weighted by Crippen LogP contribution is -2.42. The van der Waals surface area contributed by atoms with Gasteiger partial charge in [0, 0.05) is 50.2 Å². The van der Waals surface area contributed by atoms with E-state index in [2.05, 4.69) is 53.8 Å². The molecular formula is C27H32N4O. The van der Waals surface area contributed by atoms with E-state index in [1.807, 2.05) is 37.4 Å². The first-order valence-corrected chi connectivity index (χ1v) is 11.4. The van der Waals surface area contributed by atoms with Crippen molar-refractivity contribution in [2.75, 3.05) is 18.0 Å². The van der Waals surface area contributed by atoms with E-state index in [9.17, 15) is 4.79 Å². The highest BCUT2D eigenvalue weighted by atomic mass is 16.1. The predicted octanol–water partition coefficient (Wildman–Crippen LogP) is 4.72. The van der Waals surface area contributed by atoms with E-state index in [0.29, 0.717) is 12.1 Å². The number of rotatable bonds is 7. The van der Waals surface area contributed by atoms with E-state index < -0.39 is 0 Å². The second kappa shape index (κ2) is 9.53. The van der Waals surface area contributed by atoms with Gasteiger partial charge in [-0.1, -0.05) is 44.7 Å². The average Bonchev–Trinajstić information content (AvgIpc) is 3.28. The van der Waals surface area contributed by atoms with Crippen molar-refractivity contribution in [2.24, 2.45) is 7.05 Å². The van der Waals surface area contributed by atoms with E-state index in [0.717, 1.165) is 59.6 Å². The van der Waals surface area contributed by atoms with Crippen molar-refractivity contribution < 1.29 is 0 Å². The molecule has 0 aliphatic carbocycles. The summed E-state index contributed by atoms with van der Waals surface area (Å²) in [5.41, 5.74) is 5.83. The van der Waals surface area contributed by atoms with Gasteiger partial charge in [-0.25, -0.2) is 0 Å². The molecule has 0 radical (unpaired) electrons. The number of nitrogens with one attached hydrogen (secondary N) is 1. The maximum atomic E-state index is 13.6. The van der Waals surface area contributed by atoms with Crippen LogP contribution in [-0.2, 0) is 7.05 Å². The number of aromatic nitrogens is 2. The Hall–Kier alpha value is -3.18. The summed E-state index contributed by atoms with van der Waals surface area (Å²) in [7, 11) is 1.88. The Morgan fingerprint density at radius 1 is 1.19 bits per heavy atom. The van der Waals surface area contributed by atoms with Crippen LogP contribution in [0.2, 0.25) is 0 Å². The van der Waals surface area contributed by atoms with Gasteiger partial charge < -0.3 is 14.8 Å². The molecule has 1 fully saturated rings. The van der Waals surface area contributed by atoms with Crippen molar-refractivity contribution in [3.63, 3.8) is 0 Å². The third-order valence-electron chi connectivity index (χ3n) is 6.23. The number of benzene rings is 1. The van der Waals surface area contributed by atoms with Crippen LogP contribution in [0, 0.1) is 0 Å². The smallest absolute Gasteiger partial charge is 0.274 e. The summed E-state index contributed by atoms with van der Waals surface area (Å²) in [5, 5.41) is 3.55. The SMILES string of the molecule is C=Cc1cccc(-c2c(-c3ccncc3)cc(N3CCC[C@@H]3CNC(C)C)c(=O)n2C)c1. The van der Waals surface area contributed by atoms with Crippen molar-refractivity contribution in [3.8, 4) is 22.4 Å². The first-order valence-electron chi connectivity index (χ1n) is 11.4. The Morgan fingerprint density at radius 2 is 1.97 bits per heavy atom. The van der Waals surface area contributed by atoms with Crippen LogP contribution in [0.15, 0.2) is 66.2 Å². The third-order valence-corrected chi connectivity index (χ3v) is 6.23. The number of anilines is 1. The number of hydrogen-bond donors (Lipinski definition) is 1. The highest BCUT2D eigenvalue weighted by molar-refractivity contribution is 5.84. The van der Waals surface area contributed by atoms with Crippen LogP contribution in [0.3, 0.4) is 0 Å². The van der Waals surface area contributed by atoms with Gasteiger partial charge in [0.05, 0.1) is 5.69 Å². The quantitative estimate of drug-likeness (QED) is 0.591. The Balaban J connectivity index is 1.88. The van der Waals surface area contributed by atoms with Crippen molar-refractivity contribution >= 4 is 11.8 Å². The minimum Gasteiger partial charge on any atom is -0.363 e. The average molecular weight is 429 g/mol. The topological polar surface area (TPSA) is 50.2 Å². The van der Waals surface area contributed by atoms with Gasteiger partial charge in [0.15, 0.2) is 0 Å². The Bertz CT molecular complexity index is 1150. The van der Waals surface area contributed by atoms with Crippen molar-refractivity contribution in [2.45, 2.75) is 38.8 Å². The third kappa shape index (κ3) is 4.39. The number of hydrogen-bond acceptors (Lipinski definition) is 4. The molecule has 5 heteroatoms. The molecule has 2 aromatic heterocycles. The van der Waals surface area contributed by atoms with Crippen LogP contribution in [0.25, 0.3) is 28.5 Å². The highest BCUT2D eigenvalue weighted by Gasteiger charge is 2.28. The Labute approximate surface area is 190 Å². The molecule has 1 N–H and O–H groups in total. The van der Waals surface area contributed by atoms with Gasteiger partial charge in [0.2, 0.25) is 0 Å². The molecule has 0 amide bonds. The zero-order valence-electron chi connectivity index (χ0n) is 19.2. The van der Waals surface area contributed by atoms with Gasteiger partial charge >= 0.3 is 0 Å². The summed E-state index contributed by atoms with van der Waals surface area (Å²) in [5.74, 6) is 0. The van der Waals surface area contributed by atoms with E-state index in [1.54, 1.807) is 17.0 Å². The molecule has 1 aromatic carbocycles. The second-order valence-corrected chi connectivity index (χ2v) is 8.77. The van der Waals surface area contributed by atoms with Crippen LogP contribution in [-0.4, -0.2) is 34.7 Å². The van der Waals surface area contributed by atoms with Crippen LogP contribution in [0.4, 0.5) is 5.69 Å². The molecule has 0 saturated carbocycles. The van der Waals surface area contributed by atoms with Crippen LogP contribution >= 0.6 is 0 Å². The highest BCUT2D eigenvalue weighted by Crippen LogP contribution is 2.35. The van der Waals surface area contributed by atoms with E-state index in [-0.39, 0.29) is 5.56 Å². The van der Waals surface area contributed by atoms with E-state index in [4.69, 9.17) is 0 Å². The van der Waals surface area contributed by atoms with E-state index >= 15 is 0 Å². The van der Waals surface area contributed by atoms with Crippen LogP contribution in [0.5, 0.6) is 0 Å². The molecule has 1 saturated heterocycles. The summed E-state index contributed by atoms with van der Waals surface area (Å²) < 4.78 is 1.80. The minimum atomic E-state index is 0.0401. The summed E-state index contributed by atoms with van der Waals surface area (Å²) >= 11 is 0.